The summed E-state index contributed by atoms with van der Waals surface area (Å²) < 4.78 is 0. The minimum atomic E-state index is 0.478. The molecule has 20 heavy (non-hydrogen) atoms. The van der Waals surface area contributed by atoms with Gasteiger partial charge in [-0.25, -0.2) is 0 Å². The summed E-state index contributed by atoms with van der Waals surface area (Å²) in [5.74, 6) is 0.897. The minimum absolute atomic E-state index is 0.478. The predicted octanol–water partition coefficient (Wildman–Crippen LogP) is 5.08. The molecule has 1 aliphatic rings. The fourth-order valence-corrected chi connectivity index (χ4v) is 3.34. The second kappa shape index (κ2) is 6.76. The standard InChI is InChI=1S/C19H31N/c1-15-8-10-16(11-9-15)14-20-18-7-5-6-17(12-13-18)19(2,3)4/h8-11,17-18,20H,5-7,12-14H2,1-4H3. The van der Waals surface area contributed by atoms with Gasteiger partial charge in [-0.15, -0.1) is 0 Å². The number of rotatable bonds is 3. The molecule has 1 nitrogen and oxygen atoms in total. The number of hydrogen-bond donors (Lipinski definition) is 1. The SMILES string of the molecule is Cc1ccc(CNC2CCCC(C(C)(C)C)CC2)cc1. The van der Waals surface area contributed by atoms with Crippen molar-refractivity contribution < 1.29 is 0 Å². The highest BCUT2D eigenvalue weighted by molar-refractivity contribution is 5.21. The first-order valence-corrected chi connectivity index (χ1v) is 8.24. The maximum Gasteiger partial charge on any atom is 0.0208 e. The van der Waals surface area contributed by atoms with E-state index in [0.29, 0.717) is 11.5 Å². The van der Waals surface area contributed by atoms with Crippen LogP contribution < -0.4 is 5.32 Å². The molecule has 0 saturated heterocycles. The first-order valence-electron chi connectivity index (χ1n) is 8.24. The van der Waals surface area contributed by atoms with Crippen molar-refractivity contribution in [3.05, 3.63) is 35.4 Å². The molecule has 0 spiro atoms. The lowest BCUT2D eigenvalue weighted by atomic mass is 9.76. The van der Waals surface area contributed by atoms with E-state index in [0.717, 1.165) is 12.5 Å². The van der Waals surface area contributed by atoms with E-state index < -0.39 is 0 Å². The van der Waals surface area contributed by atoms with Crippen molar-refractivity contribution in [3.8, 4) is 0 Å². The van der Waals surface area contributed by atoms with E-state index in [2.05, 4.69) is 57.3 Å². The van der Waals surface area contributed by atoms with Crippen LogP contribution in [0.5, 0.6) is 0 Å². The fraction of sp³-hybridized carbons (Fsp3) is 0.684. The number of benzene rings is 1. The van der Waals surface area contributed by atoms with Gasteiger partial charge in [0.2, 0.25) is 0 Å². The Labute approximate surface area is 125 Å². The van der Waals surface area contributed by atoms with Crippen LogP contribution in [0.15, 0.2) is 24.3 Å². The Morgan fingerprint density at radius 1 is 1.00 bits per heavy atom. The fourth-order valence-electron chi connectivity index (χ4n) is 3.34. The average Bonchev–Trinajstić information content (AvgIpc) is 2.63. The lowest BCUT2D eigenvalue weighted by molar-refractivity contribution is 0.213. The van der Waals surface area contributed by atoms with Crippen molar-refractivity contribution in [2.24, 2.45) is 11.3 Å². The molecule has 1 heteroatoms. The molecule has 1 aromatic rings. The molecule has 1 fully saturated rings. The van der Waals surface area contributed by atoms with Gasteiger partial charge in [-0.05, 0) is 49.5 Å². The Kier molecular flexibility index (Phi) is 5.26. The van der Waals surface area contributed by atoms with Crippen molar-refractivity contribution >= 4 is 0 Å². The van der Waals surface area contributed by atoms with Crippen molar-refractivity contribution in [2.45, 2.75) is 72.4 Å². The van der Waals surface area contributed by atoms with Crippen LogP contribution in [-0.4, -0.2) is 6.04 Å². The Morgan fingerprint density at radius 2 is 1.70 bits per heavy atom. The Morgan fingerprint density at radius 3 is 2.35 bits per heavy atom. The normalized spacial score (nSPS) is 24.4. The summed E-state index contributed by atoms with van der Waals surface area (Å²) in [5.41, 5.74) is 3.23. The molecule has 0 heterocycles. The number of hydrogen-bond acceptors (Lipinski definition) is 1. The first-order chi connectivity index (χ1) is 9.45. The van der Waals surface area contributed by atoms with Gasteiger partial charge in [0.1, 0.15) is 0 Å². The third-order valence-electron chi connectivity index (χ3n) is 4.91. The molecule has 2 unspecified atom stereocenters. The summed E-state index contributed by atoms with van der Waals surface area (Å²) in [6.45, 7) is 10.4. The Bertz CT molecular complexity index is 399. The molecular weight excluding hydrogens is 242 g/mol. The van der Waals surface area contributed by atoms with E-state index in [-0.39, 0.29) is 0 Å². The highest BCUT2D eigenvalue weighted by Crippen LogP contribution is 2.36. The van der Waals surface area contributed by atoms with E-state index in [1.807, 2.05) is 0 Å². The second-order valence-electron chi connectivity index (χ2n) is 7.63. The molecule has 0 radical (unpaired) electrons. The zero-order valence-electron chi connectivity index (χ0n) is 13.7. The van der Waals surface area contributed by atoms with E-state index in [1.165, 1.54) is 43.2 Å². The summed E-state index contributed by atoms with van der Waals surface area (Å²) in [6.07, 6.45) is 6.86. The van der Waals surface area contributed by atoms with Crippen molar-refractivity contribution in [1.82, 2.24) is 5.32 Å². The van der Waals surface area contributed by atoms with Gasteiger partial charge >= 0.3 is 0 Å². The van der Waals surface area contributed by atoms with Crippen LogP contribution in [-0.2, 0) is 6.54 Å². The van der Waals surface area contributed by atoms with Gasteiger partial charge in [-0.1, -0.05) is 57.0 Å². The minimum Gasteiger partial charge on any atom is -0.310 e. The molecule has 1 N–H and O–H groups in total. The second-order valence-corrected chi connectivity index (χ2v) is 7.63. The Balaban J connectivity index is 1.81. The summed E-state index contributed by atoms with van der Waals surface area (Å²) in [5, 5.41) is 3.77. The molecule has 0 aromatic heterocycles. The largest absolute Gasteiger partial charge is 0.310 e. The number of nitrogens with one attached hydrogen (secondary N) is 1. The molecule has 1 saturated carbocycles. The lowest BCUT2D eigenvalue weighted by Crippen LogP contribution is -2.28. The van der Waals surface area contributed by atoms with Gasteiger partial charge in [-0.3, -0.25) is 0 Å². The summed E-state index contributed by atoms with van der Waals surface area (Å²) >= 11 is 0. The van der Waals surface area contributed by atoms with Crippen LogP contribution in [0.3, 0.4) is 0 Å². The highest BCUT2D eigenvalue weighted by atomic mass is 14.9. The van der Waals surface area contributed by atoms with Crippen LogP contribution in [0.25, 0.3) is 0 Å². The van der Waals surface area contributed by atoms with Crippen LogP contribution in [0.2, 0.25) is 0 Å². The van der Waals surface area contributed by atoms with Crippen LogP contribution in [0, 0.1) is 18.3 Å². The van der Waals surface area contributed by atoms with Crippen LogP contribution in [0.4, 0.5) is 0 Å². The zero-order valence-corrected chi connectivity index (χ0v) is 13.7. The molecule has 112 valence electrons. The van der Waals surface area contributed by atoms with Gasteiger partial charge in [0.25, 0.3) is 0 Å². The Hall–Kier alpha value is -0.820. The maximum atomic E-state index is 3.77. The smallest absolute Gasteiger partial charge is 0.0208 e. The number of aryl methyl sites for hydroxylation is 1. The first kappa shape index (κ1) is 15.6. The maximum absolute atomic E-state index is 3.77. The quantitative estimate of drug-likeness (QED) is 0.757. The zero-order chi connectivity index (χ0) is 14.6. The van der Waals surface area contributed by atoms with Gasteiger partial charge in [0, 0.05) is 12.6 Å². The van der Waals surface area contributed by atoms with E-state index >= 15 is 0 Å². The topological polar surface area (TPSA) is 12.0 Å². The average molecular weight is 273 g/mol. The molecule has 0 amide bonds. The summed E-state index contributed by atoms with van der Waals surface area (Å²) in [7, 11) is 0. The molecule has 0 bridgehead atoms. The third-order valence-corrected chi connectivity index (χ3v) is 4.91. The van der Waals surface area contributed by atoms with Crippen molar-refractivity contribution in [2.75, 3.05) is 0 Å². The van der Waals surface area contributed by atoms with E-state index in [1.54, 1.807) is 0 Å². The molecular formula is C19H31N. The molecule has 2 rings (SSSR count). The molecule has 0 aliphatic heterocycles. The van der Waals surface area contributed by atoms with Gasteiger partial charge < -0.3 is 5.32 Å². The summed E-state index contributed by atoms with van der Waals surface area (Å²) in [6, 6.07) is 9.62. The van der Waals surface area contributed by atoms with E-state index in [4.69, 9.17) is 0 Å². The molecule has 1 aromatic carbocycles. The van der Waals surface area contributed by atoms with Gasteiger partial charge in [-0.2, -0.15) is 0 Å². The van der Waals surface area contributed by atoms with Gasteiger partial charge in [0.15, 0.2) is 0 Å². The monoisotopic (exact) mass is 273 g/mol. The van der Waals surface area contributed by atoms with Gasteiger partial charge in [0.05, 0.1) is 0 Å². The summed E-state index contributed by atoms with van der Waals surface area (Å²) in [4.78, 5) is 0. The third kappa shape index (κ3) is 4.63. The molecule has 2 atom stereocenters. The van der Waals surface area contributed by atoms with Crippen LogP contribution in [0.1, 0.15) is 64.0 Å². The van der Waals surface area contributed by atoms with E-state index in [9.17, 15) is 0 Å². The highest BCUT2D eigenvalue weighted by Gasteiger charge is 2.27. The van der Waals surface area contributed by atoms with Crippen molar-refractivity contribution in [1.29, 1.82) is 0 Å². The molecule has 1 aliphatic carbocycles. The lowest BCUT2D eigenvalue weighted by Gasteiger charge is -2.29. The predicted molar refractivity (Wildman–Crippen MR) is 87.8 cm³/mol. The van der Waals surface area contributed by atoms with Crippen molar-refractivity contribution in [3.63, 3.8) is 0 Å². The van der Waals surface area contributed by atoms with Crippen LogP contribution >= 0.6 is 0 Å².